The van der Waals surface area contributed by atoms with E-state index in [4.69, 9.17) is 4.74 Å². The van der Waals surface area contributed by atoms with Crippen LogP contribution in [0.25, 0.3) is 0 Å². The molecule has 1 heterocycles. The van der Waals surface area contributed by atoms with Crippen molar-refractivity contribution >= 4 is 0 Å². The first-order valence-electron chi connectivity index (χ1n) is 5.09. The molecule has 3 nitrogen and oxygen atoms in total. The van der Waals surface area contributed by atoms with Crippen molar-refractivity contribution in [3.63, 3.8) is 0 Å². The summed E-state index contributed by atoms with van der Waals surface area (Å²) in [5, 5.41) is 9.18. The highest BCUT2D eigenvalue weighted by Crippen LogP contribution is 2.23. The quantitative estimate of drug-likeness (QED) is 0.824. The first-order chi connectivity index (χ1) is 6.98. The summed E-state index contributed by atoms with van der Waals surface area (Å²) < 4.78 is 5.10. The fraction of sp³-hybridized carbons (Fsp3) is 0.583. The van der Waals surface area contributed by atoms with Gasteiger partial charge in [0.05, 0.1) is 7.11 Å². The zero-order chi connectivity index (χ0) is 11.5. The average Bonchev–Trinajstić information content (AvgIpc) is 2.17. The Morgan fingerprint density at radius 3 is 2.60 bits per heavy atom. The zero-order valence-corrected chi connectivity index (χ0v) is 9.87. The molecule has 0 fully saturated rings. The average molecular weight is 209 g/mol. The van der Waals surface area contributed by atoms with Gasteiger partial charge in [-0.3, -0.25) is 0 Å². The van der Waals surface area contributed by atoms with E-state index in [1.165, 1.54) is 0 Å². The van der Waals surface area contributed by atoms with Crippen LogP contribution < -0.4 is 4.74 Å². The van der Waals surface area contributed by atoms with Gasteiger partial charge in [-0.1, -0.05) is 13.8 Å². The number of aromatic nitrogens is 1. The first kappa shape index (κ1) is 12.0. The molecule has 1 aromatic rings. The van der Waals surface area contributed by atoms with E-state index in [2.05, 4.69) is 11.1 Å². The molecule has 0 amide bonds. The third-order valence-electron chi connectivity index (χ3n) is 2.39. The second kappa shape index (κ2) is 4.62. The summed E-state index contributed by atoms with van der Waals surface area (Å²) in [5.74, 6) is 0.667. The Hall–Kier alpha value is -1.09. The highest BCUT2D eigenvalue weighted by Gasteiger charge is 2.17. The number of aryl methyl sites for hydroxylation is 1. The lowest BCUT2D eigenvalue weighted by Gasteiger charge is -2.21. The fourth-order valence-corrected chi connectivity index (χ4v) is 1.54. The van der Waals surface area contributed by atoms with Gasteiger partial charge in [0, 0.05) is 18.4 Å². The second-order valence-electron chi connectivity index (χ2n) is 4.67. The summed E-state index contributed by atoms with van der Waals surface area (Å²) >= 11 is 0. The Balaban J connectivity index is 2.84. The van der Waals surface area contributed by atoms with Crippen molar-refractivity contribution in [1.29, 1.82) is 0 Å². The number of pyridine rings is 1. The lowest BCUT2D eigenvalue weighted by Crippen LogP contribution is -2.19. The van der Waals surface area contributed by atoms with Crippen LogP contribution in [0.15, 0.2) is 12.3 Å². The molecule has 1 rings (SSSR count). The SMILES string of the molecule is COc1ncc(CC(C)(C)CO)cc1C. The van der Waals surface area contributed by atoms with Crippen molar-refractivity contribution in [1.82, 2.24) is 4.98 Å². The van der Waals surface area contributed by atoms with Gasteiger partial charge >= 0.3 is 0 Å². The third kappa shape index (κ3) is 3.20. The molecule has 1 N–H and O–H groups in total. The van der Waals surface area contributed by atoms with Gasteiger partial charge in [-0.15, -0.1) is 0 Å². The maximum atomic E-state index is 9.18. The largest absolute Gasteiger partial charge is 0.481 e. The normalized spacial score (nSPS) is 11.5. The molecule has 0 aliphatic carbocycles. The van der Waals surface area contributed by atoms with Gasteiger partial charge in [-0.25, -0.2) is 4.98 Å². The van der Waals surface area contributed by atoms with Crippen molar-refractivity contribution in [3.8, 4) is 5.88 Å². The maximum absolute atomic E-state index is 9.18. The highest BCUT2D eigenvalue weighted by molar-refractivity contribution is 5.28. The standard InChI is InChI=1S/C12H19NO2/c1-9-5-10(6-12(2,3)8-14)7-13-11(9)15-4/h5,7,14H,6,8H2,1-4H3. The molecule has 0 spiro atoms. The van der Waals surface area contributed by atoms with Crippen LogP contribution in [0.2, 0.25) is 0 Å². The van der Waals surface area contributed by atoms with Gasteiger partial charge in [0.15, 0.2) is 0 Å². The number of rotatable bonds is 4. The molecule has 84 valence electrons. The minimum atomic E-state index is -0.0945. The summed E-state index contributed by atoms with van der Waals surface area (Å²) in [4.78, 5) is 4.21. The Morgan fingerprint density at radius 1 is 1.47 bits per heavy atom. The molecule has 0 aliphatic heterocycles. The maximum Gasteiger partial charge on any atom is 0.215 e. The molecule has 0 aliphatic rings. The van der Waals surface area contributed by atoms with Gasteiger partial charge < -0.3 is 9.84 Å². The molecule has 0 bridgehead atoms. The van der Waals surface area contributed by atoms with Gasteiger partial charge in [0.2, 0.25) is 5.88 Å². The van der Waals surface area contributed by atoms with E-state index in [1.807, 2.05) is 27.0 Å². The Bertz CT molecular complexity index is 334. The van der Waals surface area contributed by atoms with Crippen molar-refractivity contribution in [2.75, 3.05) is 13.7 Å². The minimum Gasteiger partial charge on any atom is -0.481 e. The molecule has 0 radical (unpaired) electrons. The van der Waals surface area contributed by atoms with Gasteiger partial charge in [-0.2, -0.15) is 0 Å². The summed E-state index contributed by atoms with van der Waals surface area (Å²) in [7, 11) is 1.62. The number of ether oxygens (including phenoxy) is 1. The van der Waals surface area contributed by atoms with Crippen LogP contribution in [-0.4, -0.2) is 23.8 Å². The number of nitrogens with zero attached hydrogens (tertiary/aromatic N) is 1. The van der Waals surface area contributed by atoms with Crippen LogP contribution >= 0.6 is 0 Å². The Labute approximate surface area is 91.1 Å². The monoisotopic (exact) mass is 209 g/mol. The minimum absolute atomic E-state index is 0.0945. The number of hydrogen-bond donors (Lipinski definition) is 1. The second-order valence-corrected chi connectivity index (χ2v) is 4.67. The van der Waals surface area contributed by atoms with E-state index in [9.17, 15) is 5.11 Å². The molecule has 0 saturated heterocycles. The topological polar surface area (TPSA) is 42.4 Å². The number of aliphatic hydroxyl groups excluding tert-OH is 1. The number of methoxy groups -OCH3 is 1. The lowest BCUT2D eigenvalue weighted by atomic mass is 9.87. The summed E-state index contributed by atoms with van der Waals surface area (Å²) in [6.45, 7) is 6.22. The van der Waals surface area contributed by atoms with Gasteiger partial charge in [-0.05, 0) is 30.4 Å². The van der Waals surface area contributed by atoms with Crippen molar-refractivity contribution in [3.05, 3.63) is 23.4 Å². The van der Waals surface area contributed by atoms with Gasteiger partial charge in [0.1, 0.15) is 0 Å². The van der Waals surface area contributed by atoms with Crippen molar-refractivity contribution in [2.45, 2.75) is 27.2 Å². The van der Waals surface area contributed by atoms with E-state index in [0.717, 1.165) is 17.5 Å². The number of hydrogen-bond acceptors (Lipinski definition) is 3. The first-order valence-corrected chi connectivity index (χ1v) is 5.09. The molecular weight excluding hydrogens is 190 g/mol. The predicted octanol–water partition coefficient (Wildman–Crippen LogP) is 1.96. The van der Waals surface area contributed by atoms with Crippen LogP contribution in [0.1, 0.15) is 25.0 Å². The molecule has 0 unspecified atom stereocenters. The van der Waals surface area contributed by atoms with E-state index in [-0.39, 0.29) is 12.0 Å². The Kier molecular flexibility index (Phi) is 3.69. The predicted molar refractivity (Wildman–Crippen MR) is 60.1 cm³/mol. The van der Waals surface area contributed by atoms with Crippen LogP contribution in [0, 0.1) is 12.3 Å². The summed E-state index contributed by atoms with van der Waals surface area (Å²) in [6, 6.07) is 2.06. The molecule has 3 heteroatoms. The van der Waals surface area contributed by atoms with Crippen LogP contribution in [0.5, 0.6) is 5.88 Å². The Morgan fingerprint density at radius 2 is 2.13 bits per heavy atom. The van der Waals surface area contributed by atoms with E-state index in [1.54, 1.807) is 7.11 Å². The molecule has 0 atom stereocenters. The number of aliphatic hydroxyl groups is 1. The molecule has 15 heavy (non-hydrogen) atoms. The third-order valence-corrected chi connectivity index (χ3v) is 2.39. The van der Waals surface area contributed by atoms with E-state index in [0.29, 0.717) is 5.88 Å². The fourth-order valence-electron chi connectivity index (χ4n) is 1.54. The van der Waals surface area contributed by atoms with Crippen LogP contribution in [-0.2, 0) is 6.42 Å². The van der Waals surface area contributed by atoms with Crippen LogP contribution in [0.3, 0.4) is 0 Å². The van der Waals surface area contributed by atoms with Gasteiger partial charge in [0.25, 0.3) is 0 Å². The van der Waals surface area contributed by atoms with Crippen molar-refractivity contribution in [2.24, 2.45) is 5.41 Å². The molecular formula is C12H19NO2. The molecule has 0 saturated carbocycles. The molecule has 0 aromatic carbocycles. The summed E-state index contributed by atoms with van der Waals surface area (Å²) in [6.07, 6.45) is 2.63. The van der Waals surface area contributed by atoms with E-state index < -0.39 is 0 Å². The lowest BCUT2D eigenvalue weighted by molar-refractivity contribution is 0.159. The van der Waals surface area contributed by atoms with Crippen molar-refractivity contribution < 1.29 is 9.84 Å². The zero-order valence-electron chi connectivity index (χ0n) is 9.87. The van der Waals surface area contributed by atoms with Crippen LogP contribution in [0.4, 0.5) is 0 Å². The van der Waals surface area contributed by atoms with E-state index >= 15 is 0 Å². The highest BCUT2D eigenvalue weighted by atomic mass is 16.5. The smallest absolute Gasteiger partial charge is 0.215 e. The summed E-state index contributed by atoms with van der Waals surface area (Å²) in [5.41, 5.74) is 2.07. The molecule has 1 aromatic heterocycles.